The molecule has 26 heavy (non-hydrogen) atoms. The number of amides is 1. The van der Waals surface area contributed by atoms with E-state index >= 15 is 0 Å². The molecule has 2 aliphatic rings. The maximum absolute atomic E-state index is 12.8. The summed E-state index contributed by atoms with van der Waals surface area (Å²) in [6.45, 7) is 1.52. The van der Waals surface area contributed by atoms with Crippen molar-refractivity contribution in [3.05, 3.63) is 53.4 Å². The molecule has 7 nitrogen and oxygen atoms in total. The molecule has 134 valence electrons. The number of aromatic nitrogens is 2. The first-order valence-electron chi connectivity index (χ1n) is 8.61. The lowest BCUT2D eigenvalue weighted by Crippen LogP contribution is -2.41. The van der Waals surface area contributed by atoms with E-state index in [2.05, 4.69) is 5.10 Å². The summed E-state index contributed by atoms with van der Waals surface area (Å²) in [5.41, 5.74) is 1.77. The zero-order valence-electron chi connectivity index (χ0n) is 14.2. The summed E-state index contributed by atoms with van der Waals surface area (Å²) in [4.78, 5) is 25.6. The van der Waals surface area contributed by atoms with Gasteiger partial charge in [0.1, 0.15) is 12.4 Å². The zero-order chi connectivity index (χ0) is 18.1. The van der Waals surface area contributed by atoms with Gasteiger partial charge in [0, 0.05) is 24.8 Å². The molecule has 0 saturated carbocycles. The molecule has 4 rings (SSSR count). The van der Waals surface area contributed by atoms with Gasteiger partial charge >= 0.3 is 5.97 Å². The number of nitrogens with zero attached hydrogens (tertiary/aromatic N) is 3. The van der Waals surface area contributed by atoms with Gasteiger partial charge in [-0.3, -0.25) is 9.48 Å². The Bertz CT molecular complexity index is 878. The summed E-state index contributed by atoms with van der Waals surface area (Å²) in [7, 11) is 0. The highest BCUT2D eigenvalue weighted by atomic mass is 16.5. The van der Waals surface area contributed by atoms with E-state index in [-0.39, 0.29) is 24.1 Å². The first kappa shape index (κ1) is 16.4. The second-order valence-electron chi connectivity index (χ2n) is 6.53. The van der Waals surface area contributed by atoms with E-state index in [0.717, 1.165) is 24.2 Å². The van der Waals surface area contributed by atoms with Crippen LogP contribution in [0, 0.1) is 0 Å². The van der Waals surface area contributed by atoms with E-state index < -0.39 is 5.97 Å². The average molecular weight is 353 g/mol. The molecule has 1 saturated heterocycles. The first-order chi connectivity index (χ1) is 12.6. The van der Waals surface area contributed by atoms with Crippen molar-refractivity contribution in [1.29, 1.82) is 0 Å². The number of carbonyl (C=O) groups excluding carboxylic acids is 1. The second kappa shape index (κ2) is 6.67. The van der Waals surface area contributed by atoms with Crippen molar-refractivity contribution in [2.75, 3.05) is 19.7 Å². The van der Waals surface area contributed by atoms with Crippen molar-refractivity contribution in [3.63, 3.8) is 0 Å². The van der Waals surface area contributed by atoms with Gasteiger partial charge in [0.15, 0.2) is 0 Å². The number of carbonyl (C=O) groups is 2. The van der Waals surface area contributed by atoms with Gasteiger partial charge in [0.25, 0.3) is 5.91 Å². The Morgan fingerprint density at radius 3 is 2.69 bits per heavy atom. The van der Waals surface area contributed by atoms with Crippen LogP contribution in [-0.4, -0.2) is 51.4 Å². The van der Waals surface area contributed by atoms with Crippen LogP contribution in [0.25, 0.3) is 6.08 Å². The van der Waals surface area contributed by atoms with Gasteiger partial charge in [0.2, 0.25) is 0 Å². The fourth-order valence-electron chi connectivity index (χ4n) is 3.42. The minimum atomic E-state index is -0.978. The normalized spacial score (nSPS) is 17.2. The molecule has 0 radical (unpaired) electrons. The maximum atomic E-state index is 12.8. The highest BCUT2D eigenvalue weighted by Crippen LogP contribution is 2.28. The molecule has 3 heterocycles. The van der Waals surface area contributed by atoms with Crippen LogP contribution in [0.5, 0.6) is 5.75 Å². The fraction of sp³-hybridized carbons (Fsp3) is 0.316. The van der Waals surface area contributed by atoms with Crippen molar-refractivity contribution in [3.8, 4) is 5.75 Å². The molecule has 1 N–H and O–H groups in total. The number of benzene rings is 1. The highest BCUT2D eigenvalue weighted by Gasteiger charge is 2.28. The fourth-order valence-corrected chi connectivity index (χ4v) is 3.42. The molecule has 1 aromatic heterocycles. The van der Waals surface area contributed by atoms with Crippen molar-refractivity contribution >= 4 is 18.0 Å². The minimum Gasteiger partial charge on any atom is -0.488 e. The van der Waals surface area contributed by atoms with Gasteiger partial charge in [0.05, 0.1) is 23.4 Å². The van der Waals surface area contributed by atoms with Crippen LogP contribution in [0.3, 0.4) is 0 Å². The monoisotopic (exact) mass is 353 g/mol. The number of rotatable bonds is 3. The highest BCUT2D eigenvalue weighted by molar-refractivity contribution is 5.99. The van der Waals surface area contributed by atoms with E-state index in [1.54, 1.807) is 10.9 Å². The number of aromatic carboxylic acids is 1. The second-order valence-corrected chi connectivity index (χ2v) is 6.53. The SMILES string of the molecule is O=C(O)c1cnn(C2CCN(C(=O)C3=Cc4ccccc4OC3)CC2)c1. The largest absolute Gasteiger partial charge is 0.488 e. The van der Waals surface area contributed by atoms with Crippen LogP contribution in [0.2, 0.25) is 0 Å². The molecular formula is C19H19N3O4. The molecule has 7 heteroatoms. The van der Waals surface area contributed by atoms with E-state index in [1.165, 1.54) is 6.20 Å². The smallest absolute Gasteiger partial charge is 0.338 e. The van der Waals surface area contributed by atoms with Crippen LogP contribution < -0.4 is 4.74 Å². The summed E-state index contributed by atoms with van der Waals surface area (Å²) in [6.07, 6.45) is 6.31. The molecule has 0 bridgehead atoms. The Hall–Kier alpha value is -3.09. The van der Waals surface area contributed by atoms with E-state index in [1.807, 2.05) is 35.2 Å². The Labute approximate surface area is 150 Å². The lowest BCUT2D eigenvalue weighted by atomic mass is 10.0. The number of fused-ring (bicyclic) bond motifs is 1. The first-order valence-corrected chi connectivity index (χ1v) is 8.61. The predicted octanol–water partition coefficient (Wildman–Crippen LogP) is 2.22. The lowest BCUT2D eigenvalue weighted by Gasteiger charge is -2.33. The number of hydrogen-bond acceptors (Lipinski definition) is 4. The van der Waals surface area contributed by atoms with Crippen molar-refractivity contribution < 1.29 is 19.4 Å². The van der Waals surface area contributed by atoms with Gasteiger partial charge in [-0.25, -0.2) is 4.79 Å². The van der Waals surface area contributed by atoms with Gasteiger partial charge in [-0.1, -0.05) is 18.2 Å². The van der Waals surface area contributed by atoms with E-state index in [4.69, 9.17) is 9.84 Å². The average Bonchev–Trinajstić information content (AvgIpc) is 3.18. The van der Waals surface area contributed by atoms with Crippen LogP contribution in [-0.2, 0) is 4.79 Å². The maximum Gasteiger partial charge on any atom is 0.338 e. The van der Waals surface area contributed by atoms with E-state index in [9.17, 15) is 9.59 Å². The summed E-state index contributed by atoms with van der Waals surface area (Å²) in [5, 5.41) is 13.1. The summed E-state index contributed by atoms with van der Waals surface area (Å²) >= 11 is 0. The van der Waals surface area contributed by atoms with Crippen molar-refractivity contribution in [1.82, 2.24) is 14.7 Å². The molecule has 0 atom stereocenters. The van der Waals surface area contributed by atoms with Gasteiger partial charge in [-0.15, -0.1) is 0 Å². The Morgan fingerprint density at radius 2 is 1.96 bits per heavy atom. The number of hydrogen-bond donors (Lipinski definition) is 1. The molecule has 0 unspecified atom stereocenters. The third-order valence-corrected chi connectivity index (χ3v) is 4.88. The Balaban J connectivity index is 1.41. The summed E-state index contributed by atoms with van der Waals surface area (Å²) in [6, 6.07) is 7.78. The van der Waals surface area contributed by atoms with Crippen molar-refractivity contribution in [2.24, 2.45) is 0 Å². The third-order valence-electron chi connectivity index (χ3n) is 4.88. The number of para-hydroxylation sites is 1. The standard InChI is InChI=1S/C19H19N3O4/c23-18(14-9-13-3-1-2-4-17(13)26-12-14)21-7-5-16(6-8-21)22-11-15(10-20-22)19(24)25/h1-4,9-11,16H,5-8,12H2,(H,24,25). The Kier molecular flexibility index (Phi) is 4.20. The number of carboxylic acids is 1. The molecule has 0 spiro atoms. The number of carboxylic acid groups (broad SMARTS) is 1. The van der Waals surface area contributed by atoms with E-state index in [0.29, 0.717) is 18.7 Å². The zero-order valence-corrected chi connectivity index (χ0v) is 14.2. The number of ether oxygens (including phenoxy) is 1. The molecule has 2 aliphatic heterocycles. The van der Waals surface area contributed by atoms with Crippen LogP contribution in [0.4, 0.5) is 0 Å². The molecule has 1 aromatic carbocycles. The van der Waals surface area contributed by atoms with Crippen LogP contribution in [0.1, 0.15) is 34.8 Å². The third kappa shape index (κ3) is 3.08. The van der Waals surface area contributed by atoms with Crippen LogP contribution in [0.15, 0.2) is 42.2 Å². The summed E-state index contributed by atoms with van der Waals surface area (Å²) in [5.74, 6) is -0.173. The Morgan fingerprint density at radius 1 is 1.19 bits per heavy atom. The van der Waals surface area contributed by atoms with Gasteiger partial charge in [-0.05, 0) is 25.0 Å². The quantitative estimate of drug-likeness (QED) is 0.915. The molecule has 1 fully saturated rings. The molecule has 1 amide bonds. The lowest BCUT2D eigenvalue weighted by molar-refractivity contribution is -0.128. The predicted molar refractivity (Wildman–Crippen MR) is 94.0 cm³/mol. The van der Waals surface area contributed by atoms with Gasteiger partial charge in [-0.2, -0.15) is 5.10 Å². The summed E-state index contributed by atoms with van der Waals surface area (Å²) < 4.78 is 7.38. The molecular weight excluding hydrogens is 334 g/mol. The van der Waals surface area contributed by atoms with Crippen molar-refractivity contribution in [2.45, 2.75) is 18.9 Å². The topological polar surface area (TPSA) is 84.7 Å². The molecule has 2 aromatic rings. The number of likely N-dealkylation sites (tertiary alicyclic amines) is 1. The molecule has 0 aliphatic carbocycles. The number of piperidine rings is 1. The van der Waals surface area contributed by atoms with Gasteiger partial charge < -0.3 is 14.7 Å². The minimum absolute atomic E-state index is 0.00430. The van der Waals surface area contributed by atoms with Crippen LogP contribution >= 0.6 is 0 Å².